The van der Waals surface area contributed by atoms with Gasteiger partial charge in [0.15, 0.2) is 0 Å². The second kappa shape index (κ2) is 7.71. The van der Waals surface area contributed by atoms with Gasteiger partial charge in [-0.15, -0.1) is 0 Å². The summed E-state index contributed by atoms with van der Waals surface area (Å²) in [6.45, 7) is 0. The fraction of sp³-hybridized carbons (Fsp3) is 0.200. The molecule has 0 spiro atoms. The van der Waals surface area contributed by atoms with Gasteiger partial charge in [-0.2, -0.15) is 0 Å². The predicted octanol–water partition coefficient (Wildman–Crippen LogP) is 3.32. The molecule has 0 amide bonds. The number of halogens is 4. The first-order chi connectivity index (χ1) is 5.13. The minimum Gasteiger partial charge on any atom is -0.0717 e. The van der Waals surface area contributed by atoms with Crippen molar-refractivity contribution in [3.63, 3.8) is 0 Å². The van der Waals surface area contributed by atoms with E-state index in [2.05, 4.69) is 0 Å². The van der Waals surface area contributed by atoms with Crippen LogP contribution in [-0.2, 0) is 0 Å². The Bertz CT molecular complexity index is 140. The van der Waals surface area contributed by atoms with Crippen LogP contribution in [0.2, 0.25) is 5.67 Å². The molecule has 0 atom stereocenters. The highest BCUT2D eigenvalue weighted by Gasteiger charge is 1.89. The summed E-state index contributed by atoms with van der Waals surface area (Å²) in [5, 5.41) is 0. The van der Waals surface area contributed by atoms with Gasteiger partial charge in [0.1, 0.15) is 0 Å². The van der Waals surface area contributed by atoms with Gasteiger partial charge in [0, 0.05) is 0 Å². The fourth-order valence-corrected chi connectivity index (χ4v) is 2.84. The van der Waals surface area contributed by atoms with Crippen molar-refractivity contribution in [2.75, 3.05) is 0 Å². The van der Waals surface area contributed by atoms with Gasteiger partial charge in [-0.25, -0.2) is 0 Å². The Morgan fingerprint density at radius 3 is 1.55 bits per heavy atom. The lowest BCUT2D eigenvalue weighted by Crippen LogP contribution is -1.91. The summed E-state index contributed by atoms with van der Waals surface area (Å²) < 4.78 is 0.656. The van der Waals surface area contributed by atoms with Crippen molar-refractivity contribution in [1.82, 2.24) is 0 Å². The molecule has 0 aliphatic heterocycles. The van der Waals surface area contributed by atoms with E-state index in [9.17, 15) is 0 Å². The summed E-state index contributed by atoms with van der Waals surface area (Å²) in [6.07, 6.45) is 0. The molecule has 60 valence electrons. The Balaban J connectivity index is 3.29. The molecule has 0 nitrogen and oxygen atoms in total. The zero-order chi connectivity index (χ0) is 8.69. The Labute approximate surface area is 91.2 Å². The van der Waals surface area contributed by atoms with Crippen LogP contribution in [0.5, 0.6) is 0 Å². The highest BCUT2D eigenvalue weighted by molar-refractivity contribution is 6.67. The first kappa shape index (κ1) is 12.1. The molecular formula is C5H4Cl4Si2. The summed E-state index contributed by atoms with van der Waals surface area (Å²) >= 11 is 21.6. The molecule has 0 fully saturated rings. The first-order valence-corrected chi connectivity index (χ1v) is 6.70. The average molecular weight is 262 g/mol. The van der Waals surface area contributed by atoms with Crippen molar-refractivity contribution >= 4 is 65.4 Å². The van der Waals surface area contributed by atoms with Crippen molar-refractivity contribution in [2.45, 2.75) is 5.67 Å². The third kappa shape index (κ3) is 11.1. The summed E-state index contributed by atoms with van der Waals surface area (Å²) in [6, 6.07) is 0. The van der Waals surface area contributed by atoms with E-state index in [0.29, 0.717) is 28.0 Å². The maximum Gasteiger partial charge on any atom is 0.0981 e. The molecule has 0 N–H and O–H groups in total. The minimum absolute atomic E-state index is 0.328. The molecule has 0 aliphatic carbocycles. The Hall–Kier alpha value is 1.07. The van der Waals surface area contributed by atoms with Crippen LogP contribution in [0.4, 0.5) is 0 Å². The van der Waals surface area contributed by atoms with Crippen molar-refractivity contribution in [3.8, 4) is 0 Å². The van der Waals surface area contributed by atoms with E-state index in [1.165, 1.54) is 0 Å². The van der Waals surface area contributed by atoms with Gasteiger partial charge in [-0.1, -0.05) is 63.5 Å². The number of hydrogen-bond donors (Lipinski definition) is 0. The SMILES string of the molecule is ClC(Cl)=C[Si]C[Si]C=C(Cl)Cl. The zero-order valence-corrected chi connectivity index (χ0v) is 10.4. The van der Waals surface area contributed by atoms with E-state index in [-0.39, 0.29) is 0 Å². The highest BCUT2D eigenvalue weighted by atomic mass is 35.5. The third-order valence-electron chi connectivity index (χ3n) is 0.626. The monoisotopic (exact) mass is 260 g/mol. The predicted molar refractivity (Wildman–Crippen MR) is 55.9 cm³/mol. The normalized spacial score (nSPS) is 9.09. The van der Waals surface area contributed by atoms with Gasteiger partial charge >= 0.3 is 0 Å². The van der Waals surface area contributed by atoms with E-state index >= 15 is 0 Å². The van der Waals surface area contributed by atoms with Crippen LogP contribution in [0, 0.1) is 0 Å². The van der Waals surface area contributed by atoms with E-state index in [4.69, 9.17) is 46.4 Å². The molecule has 6 heteroatoms. The lowest BCUT2D eigenvalue weighted by molar-refractivity contribution is 1.98. The molecule has 4 radical (unpaired) electrons. The van der Waals surface area contributed by atoms with Gasteiger partial charge in [0.2, 0.25) is 0 Å². The van der Waals surface area contributed by atoms with E-state index in [0.717, 1.165) is 5.67 Å². The molecule has 0 bridgehead atoms. The van der Waals surface area contributed by atoms with Gasteiger partial charge in [-0.05, 0) is 0 Å². The average Bonchev–Trinajstić information content (AvgIpc) is 1.85. The first-order valence-electron chi connectivity index (χ1n) is 2.62. The molecule has 0 heterocycles. The Morgan fingerprint density at radius 2 is 1.27 bits per heavy atom. The molecular weight excluding hydrogens is 258 g/mol. The van der Waals surface area contributed by atoms with Crippen molar-refractivity contribution < 1.29 is 0 Å². The number of hydrogen-bond acceptors (Lipinski definition) is 0. The van der Waals surface area contributed by atoms with Gasteiger partial charge in [0.25, 0.3) is 0 Å². The van der Waals surface area contributed by atoms with Crippen molar-refractivity contribution in [3.05, 3.63) is 20.4 Å². The smallest absolute Gasteiger partial charge is 0.0717 e. The lowest BCUT2D eigenvalue weighted by Gasteiger charge is -1.86. The second-order valence-corrected chi connectivity index (χ2v) is 6.28. The van der Waals surface area contributed by atoms with Crippen LogP contribution >= 0.6 is 46.4 Å². The maximum atomic E-state index is 5.39. The second-order valence-electron chi connectivity index (χ2n) is 1.45. The van der Waals surface area contributed by atoms with Gasteiger partial charge in [-0.3, -0.25) is 0 Å². The molecule has 0 saturated heterocycles. The molecule has 0 unspecified atom stereocenters. The van der Waals surface area contributed by atoms with Crippen LogP contribution < -0.4 is 0 Å². The van der Waals surface area contributed by atoms with Crippen LogP contribution in [0.1, 0.15) is 0 Å². The molecule has 11 heavy (non-hydrogen) atoms. The van der Waals surface area contributed by atoms with E-state index in [1.807, 2.05) is 0 Å². The lowest BCUT2D eigenvalue weighted by atomic mass is 11.2. The minimum atomic E-state index is 0.328. The molecule has 0 aliphatic rings. The summed E-state index contributed by atoms with van der Waals surface area (Å²) in [7, 11) is 1.27. The molecule has 0 saturated carbocycles. The fourth-order valence-electron chi connectivity index (χ4n) is 0.315. The molecule has 0 rings (SSSR count). The standard InChI is InChI=1S/C5H4Cl4Si2/c6-4(7)1-10-3-11-2-5(8)9/h1-2H,3H2. The summed E-state index contributed by atoms with van der Waals surface area (Å²) in [4.78, 5) is 0. The van der Waals surface area contributed by atoms with Crippen LogP contribution in [0.3, 0.4) is 0 Å². The molecule has 0 aromatic carbocycles. The van der Waals surface area contributed by atoms with Gasteiger partial charge in [0.05, 0.1) is 28.0 Å². The maximum absolute atomic E-state index is 5.39. The van der Waals surface area contributed by atoms with Crippen LogP contribution in [0.25, 0.3) is 0 Å². The molecule has 0 aromatic rings. The van der Waals surface area contributed by atoms with Crippen LogP contribution in [0.15, 0.2) is 20.4 Å². The van der Waals surface area contributed by atoms with E-state index < -0.39 is 0 Å². The Morgan fingerprint density at radius 1 is 0.909 bits per heavy atom. The van der Waals surface area contributed by atoms with Gasteiger partial charge < -0.3 is 0 Å². The van der Waals surface area contributed by atoms with E-state index in [1.54, 1.807) is 11.4 Å². The van der Waals surface area contributed by atoms with Crippen LogP contribution in [-0.4, -0.2) is 19.0 Å². The third-order valence-corrected chi connectivity index (χ3v) is 4.41. The largest absolute Gasteiger partial charge is 0.0981 e. The quantitative estimate of drug-likeness (QED) is 0.538. The van der Waals surface area contributed by atoms with Crippen molar-refractivity contribution in [1.29, 1.82) is 0 Å². The highest BCUT2D eigenvalue weighted by Crippen LogP contribution is 2.06. The number of rotatable bonds is 4. The Kier molecular flexibility index (Phi) is 8.46. The zero-order valence-electron chi connectivity index (χ0n) is 5.37. The van der Waals surface area contributed by atoms with Crippen molar-refractivity contribution in [2.24, 2.45) is 0 Å². The topological polar surface area (TPSA) is 0 Å². The summed E-state index contributed by atoms with van der Waals surface area (Å²) in [5.74, 6) is 0. The summed E-state index contributed by atoms with van der Waals surface area (Å²) in [5.41, 5.74) is 4.57. The molecule has 0 aromatic heterocycles.